The molecule has 0 spiro atoms. The van der Waals surface area contributed by atoms with E-state index in [1.165, 1.54) is 6.42 Å². The Morgan fingerprint density at radius 2 is 1.79 bits per heavy atom. The fourth-order valence-corrected chi connectivity index (χ4v) is 4.80. The molecule has 0 atom stereocenters. The first-order valence-electron chi connectivity index (χ1n) is 13.6. The zero-order valence-electron chi connectivity index (χ0n) is 22.5. The molecule has 202 valence electrons. The van der Waals surface area contributed by atoms with Gasteiger partial charge in [-0.3, -0.25) is 14.3 Å². The Hall–Kier alpha value is -3.65. The number of carbonyl (C=O) groups excluding carboxylic acids is 2. The Bertz CT molecular complexity index is 1210. The van der Waals surface area contributed by atoms with Gasteiger partial charge in [-0.2, -0.15) is 5.10 Å². The average Bonchev–Trinajstić information content (AvgIpc) is 3.24. The van der Waals surface area contributed by atoms with Crippen LogP contribution in [0.25, 0.3) is 0 Å². The van der Waals surface area contributed by atoms with Crippen molar-refractivity contribution >= 4 is 17.5 Å². The molecular formula is C30H39N5O3. The van der Waals surface area contributed by atoms with Crippen molar-refractivity contribution < 1.29 is 14.3 Å². The van der Waals surface area contributed by atoms with Gasteiger partial charge in [0.1, 0.15) is 5.75 Å². The third kappa shape index (κ3) is 7.68. The molecule has 2 aromatic carbocycles. The van der Waals surface area contributed by atoms with Crippen molar-refractivity contribution in [3.05, 3.63) is 77.1 Å². The molecule has 2 heterocycles. The quantitative estimate of drug-likeness (QED) is 0.485. The van der Waals surface area contributed by atoms with Crippen LogP contribution in [0.15, 0.2) is 54.6 Å². The number of rotatable bonds is 7. The van der Waals surface area contributed by atoms with Gasteiger partial charge in [0.2, 0.25) is 0 Å². The van der Waals surface area contributed by atoms with Crippen molar-refractivity contribution in [3.8, 4) is 5.75 Å². The minimum absolute atomic E-state index is 0.0363. The number of aromatic nitrogens is 2. The number of amides is 2. The number of anilines is 1. The van der Waals surface area contributed by atoms with E-state index in [4.69, 9.17) is 4.74 Å². The molecule has 2 amide bonds. The van der Waals surface area contributed by atoms with Crippen LogP contribution in [0.5, 0.6) is 5.75 Å². The highest BCUT2D eigenvalue weighted by Crippen LogP contribution is 2.25. The molecular weight excluding hydrogens is 478 g/mol. The number of fused-ring (bicyclic) bond motifs is 1. The van der Waals surface area contributed by atoms with E-state index in [1.807, 2.05) is 78.0 Å². The number of benzene rings is 2. The molecule has 0 aliphatic carbocycles. The van der Waals surface area contributed by atoms with E-state index in [-0.39, 0.29) is 18.4 Å². The number of carbonyl (C=O) groups is 2. The number of hydrogen-bond donors (Lipinski definition) is 2. The van der Waals surface area contributed by atoms with Gasteiger partial charge in [0.05, 0.1) is 12.2 Å². The molecule has 0 saturated heterocycles. The average molecular weight is 518 g/mol. The second-order valence-corrected chi connectivity index (χ2v) is 9.84. The highest BCUT2D eigenvalue weighted by molar-refractivity contribution is 5.98. The summed E-state index contributed by atoms with van der Waals surface area (Å²) in [6, 6.07) is 17.0. The molecule has 4 rings (SSSR count). The summed E-state index contributed by atoms with van der Waals surface area (Å²) < 4.78 is 7.69. The topological polar surface area (TPSA) is 88.5 Å². The van der Waals surface area contributed by atoms with E-state index in [0.29, 0.717) is 37.5 Å². The molecule has 8 heteroatoms. The monoisotopic (exact) mass is 517 g/mol. The van der Waals surface area contributed by atoms with Gasteiger partial charge in [-0.1, -0.05) is 37.5 Å². The molecule has 0 saturated carbocycles. The second kappa shape index (κ2) is 13.8. The lowest BCUT2D eigenvalue weighted by atomic mass is 10.0. The number of para-hydroxylation sites is 1. The Labute approximate surface area is 225 Å². The molecule has 0 radical (unpaired) electrons. The molecule has 2 N–H and O–H groups in total. The fraction of sp³-hybridized carbons (Fsp3) is 0.433. The van der Waals surface area contributed by atoms with Crippen LogP contribution in [0.2, 0.25) is 0 Å². The van der Waals surface area contributed by atoms with Crippen LogP contribution in [-0.4, -0.2) is 47.8 Å². The maximum absolute atomic E-state index is 13.4. The SMILES string of the molecule is Cc1cc(C)n(CCNC(=O)c2ccc3c(c2)CNCCCCCCCN3C(=O)COc2ccccc2)n1. The van der Waals surface area contributed by atoms with Crippen molar-refractivity contribution in [1.29, 1.82) is 0 Å². The van der Waals surface area contributed by atoms with Gasteiger partial charge in [-0.25, -0.2) is 0 Å². The third-order valence-corrected chi connectivity index (χ3v) is 6.80. The minimum atomic E-state index is -0.134. The van der Waals surface area contributed by atoms with Gasteiger partial charge in [-0.05, 0) is 75.2 Å². The van der Waals surface area contributed by atoms with Crippen LogP contribution < -0.4 is 20.3 Å². The van der Waals surface area contributed by atoms with Crippen LogP contribution >= 0.6 is 0 Å². The lowest BCUT2D eigenvalue weighted by Gasteiger charge is -2.26. The minimum Gasteiger partial charge on any atom is -0.484 e. The summed E-state index contributed by atoms with van der Waals surface area (Å²) >= 11 is 0. The Morgan fingerprint density at radius 3 is 2.58 bits per heavy atom. The molecule has 0 bridgehead atoms. The molecule has 0 unspecified atom stereocenters. The lowest BCUT2D eigenvalue weighted by molar-refractivity contribution is -0.120. The van der Waals surface area contributed by atoms with E-state index < -0.39 is 0 Å². The van der Waals surface area contributed by atoms with Crippen molar-refractivity contribution in [2.45, 2.75) is 59.0 Å². The summed E-state index contributed by atoms with van der Waals surface area (Å²) in [6.45, 7) is 7.15. The predicted octanol–water partition coefficient (Wildman–Crippen LogP) is 4.40. The van der Waals surface area contributed by atoms with Gasteiger partial charge in [-0.15, -0.1) is 0 Å². The molecule has 1 aliphatic rings. The zero-order chi connectivity index (χ0) is 26.7. The summed E-state index contributed by atoms with van der Waals surface area (Å²) in [4.78, 5) is 28.2. The summed E-state index contributed by atoms with van der Waals surface area (Å²) in [5.41, 5.74) is 4.39. The molecule has 0 fully saturated rings. The van der Waals surface area contributed by atoms with Crippen LogP contribution in [0.4, 0.5) is 5.69 Å². The van der Waals surface area contributed by atoms with Crippen LogP contribution in [0.3, 0.4) is 0 Å². The number of nitrogens with zero attached hydrogens (tertiary/aromatic N) is 3. The summed E-state index contributed by atoms with van der Waals surface area (Å²) in [6.07, 6.45) is 5.46. The standard InChI is InChI=1S/C30H39N5O3/c1-23-19-24(2)35(33-23)18-16-32-30(37)25-13-14-28-26(20-25)21-31-15-9-4-3-5-10-17-34(28)29(36)22-38-27-11-7-6-8-12-27/h6-8,11-14,19-20,31H,3-5,9-10,15-18,21-22H2,1-2H3,(H,32,37). The van der Waals surface area contributed by atoms with Crippen molar-refractivity contribution in [3.63, 3.8) is 0 Å². The fourth-order valence-electron chi connectivity index (χ4n) is 4.80. The molecule has 1 aliphatic heterocycles. The Balaban J connectivity index is 1.49. The van der Waals surface area contributed by atoms with Gasteiger partial charge < -0.3 is 20.3 Å². The lowest BCUT2D eigenvalue weighted by Crippen LogP contribution is -2.37. The number of nitrogens with one attached hydrogen (secondary N) is 2. The molecule has 38 heavy (non-hydrogen) atoms. The maximum Gasteiger partial charge on any atom is 0.264 e. The Kier molecular flexibility index (Phi) is 9.92. The first-order chi connectivity index (χ1) is 18.5. The van der Waals surface area contributed by atoms with E-state index in [0.717, 1.165) is 54.9 Å². The second-order valence-electron chi connectivity index (χ2n) is 9.84. The highest BCUT2D eigenvalue weighted by atomic mass is 16.5. The number of hydrogen-bond acceptors (Lipinski definition) is 5. The van der Waals surface area contributed by atoms with Gasteiger partial charge in [0.15, 0.2) is 6.61 Å². The normalized spacial score (nSPS) is 14.6. The van der Waals surface area contributed by atoms with E-state index in [9.17, 15) is 9.59 Å². The zero-order valence-corrected chi connectivity index (χ0v) is 22.5. The Morgan fingerprint density at radius 1 is 1.00 bits per heavy atom. The summed E-state index contributed by atoms with van der Waals surface area (Å²) in [5, 5.41) is 11.0. The van der Waals surface area contributed by atoms with Crippen molar-refractivity contribution in [1.82, 2.24) is 20.4 Å². The first-order valence-corrected chi connectivity index (χ1v) is 13.6. The van der Waals surface area contributed by atoms with Crippen LogP contribution in [-0.2, 0) is 17.9 Å². The van der Waals surface area contributed by atoms with Crippen molar-refractivity contribution in [2.24, 2.45) is 0 Å². The van der Waals surface area contributed by atoms with E-state index >= 15 is 0 Å². The molecule has 3 aromatic rings. The molecule has 1 aromatic heterocycles. The first kappa shape index (κ1) is 27.4. The van der Waals surface area contributed by atoms with Crippen molar-refractivity contribution in [2.75, 3.05) is 31.1 Å². The number of ether oxygens (including phenoxy) is 1. The largest absolute Gasteiger partial charge is 0.484 e. The van der Waals surface area contributed by atoms with Crippen LogP contribution in [0, 0.1) is 13.8 Å². The summed E-state index contributed by atoms with van der Waals surface area (Å²) in [7, 11) is 0. The van der Waals surface area contributed by atoms with Gasteiger partial charge in [0, 0.05) is 36.6 Å². The smallest absolute Gasteiger partial charge is 0.264 e. The molecule has 8 nitrogen and oxygen atoms in total. The predicted molar refractivity (Wildman–Crippen MR) is 150 cm³/mol. The van der Waals surface area contributed by atoms with E-state index in [1.54, 1.807) is 0 Å². The van der Waals surface area contributed by atoms with Gasteiger partial charge in [0.25, 0.3) is 11.8 Å². The summed E-state index contributed by atoms with van der Waals surface area (Å²) in [5.74, 6) is 0.449. The third-order valence-electron chi connectivity index (χ3n) is 6.80. The highest BCUT2D eigenvalue weighted by Gasteiger charge is 2.21. The van der Waals surface area contributed by atoms with Crippen LogP contribution in [0.1, 0.15) is 59.4 Å². The van der Waals surface area contributed by atoms with E-state index in [2.05, 4.69) is 15.7 Å². The number of aryl methyl sites for hydroxylation is 2. The van der Waals surface area contributed by atoms with Gasteiger partial charge >= 0.3 is 0 Å². The maximum atomic E-state index is 13.4.